The van der Waals surface area contributed by atoms with E-state index in [1.807, 2.05) is 0 Å². The van der Waals surface area contributed by atoms with Crippen LogP contribution in [0.2, 0.25) is 18.1 Å². The molecule has 0 radical (unpaired) electrons. The molecule has 14 heavy (non-hydrogen) atoms. The molecule has 0 aromatic rings. The zero-order valence-electron chi connectivity index (χ0n) is 10.1. The highest BCUT2D eigenvalue weighted by Crippen LogP contribution is 2.49. The third-order valence-electron chi connectivity index (χ3n) is 4.25. The van der Waals surface area contributed by atoms with E-state index >= 15 is 0 Å². The summed E-state index contributed by atoms with van der Waals surface area (Å²) in [6.07, 6.45) is 0.595. The van der Waals surface area contributed by atoms with E-state index in [0.29, 0.717) is 11.1 Å². The molecule has 82 valence electrons. The second-order valence-electron chi connectivity index (χ2n) is 6.33. The van der Waals surface area contributed by atoms with Gasteiger partial charge < -0.3 is 9.74 Å². The molecule has 2 rings (SSSR count). The molecular formula is C11H23NOSi. The Balaban J connectivity index is 1.92. The smallest absolute Gasteiger partial charge is 0.192 e. The summed E-state index contributed by atoms with van der Waals surface area (Å²) in [5.41, 5.74) is 0. The van der Waals surface area contributed by atoms with Crippen LogP contribution in [-0.2, 0) is 4.43 Å². The lowest BCUT2D eigenvalue weighted by molar-refractivity contribution is 0.237. The predicted molar refractivity (Wildman–Crippen MR) is 61.9 cm³/mol. The number of hydrogen-bond acceptors (Lipinski definition) is 2. The topological polar surface area (TPSA) is 21.3 Å². The molecule has 1 saturated carbocycles. The van der Waals surface area contributed by atoms with Crippen LogP contribution < -0.4 is 5.32 Å². The van der Waals surface area contributed by atoms with Crippen LogP contribution in [0, 0.1) is 11.8 Å². The first-order valence-electron chi connectivity index (χ1n) is 5.71. The van der Waals surface area contributed by atoms with Gasteiger partial charge in [0.15, 0.2) is 8.32 Å². The van der Waals surface area contributed by atoms with E-state index < -0.39 is 8.32 Å². The summed E-state index contributed by atoms with van der Waals surface area (Å²) in [6, 6.07) is 0. The maximum absolute atomic E-state index is 6.38. The van der Waals surface area contributed by atoms with Crippen LogP contribution in [0.15, 0.2) is 0 Å². The average Bonchev–Trinajstić information content (AvgIpc) is 2.50. The van der Waals surface area contributed by atoms with Gasteiger partial charge in [0.25, 0.3) is 0 Å². The molecule has 1 aliphatic heterocycles. The van der Waals surface area contributed by atoms with E-state index in [1.165, 1.54) is 13.1 Å². The minimum absolute atomic E-state index is 0.358. The molecule has 0 aromatic heterocycles. The fraction of sp³-hybridized carbons (Fsp3) is 1.00. The first-order valence-corrected chi connectivity index (χ1v) is 8.62. The number of fused-ring (bicyclic) bond motifs is 1. The van der Waals surface area contributed by atoms with Crippen molar-refractivity contribution in [1.82, 2.24) is 5.32 Å². The molecule has 2 unspecified atom stereocenters. The summed E-state index contributed by atoms with van der Waals surface area (Å²) >= 11 is 0. The largest absolute Gasteiger partial charge is 0.413 e. The van der Waals surface area contributed by atoms with E-state index in [2.05, 4.69) is 39.2 Å². The van der Waals surface area contributed by atoms with Crippen LogP contribution >= 0.6 is 0 Å². The first-order chi connectivity index (χ1) is 6.33. The molecule has 3 heteroatoms. The quantitative estimate of drug-likeness (QED) is 0.710. The van der Waals surface area contributed by atoms with E-state index in [0.717, 1.165) is 11.8 Å². The summed E-state index contributed by atoms with van der Waals surface area (Å²) in [5, 5.41) is 3.77. The molecule has 0 bridgehead atoms. The third kappa shape index (κ3) is 1.66. The van der Waals surface area contributed by atoms with Crippen LogP contribution in [0.5, 0.6) is 0 Å². The van der Waals surface area contributed by atoms with Crippen molar-refractivity contribution < 1.29 is 4.43 Å². The highest BCUT2D eigenvalue weighted by Gasteiger charge is 2.56. The van der Waals surface area contributed by atoms with Gasteiger partial charge in [0.1, 0.15) is 0 Å². The molecule has 0 aromatic carbocycles. The van der Waals surface area contributed by atoms with Gasteiger partial charge in [-0.05, 0) is 18.1 Å². The Labute approximate surface area is 88.5 Å². The number of piperidine rings is 1. The molecule has 1 heterocycles. The SMILES string of the molecule is CC(C)(C)[Si](C)(C)OC1C2CNCC21. The lowest BCUT2D eigenvalue weighted by atomic mass is 10.2. The summed E-state index contributed by atoms with van der Waals surface area (Å²) in [5.74, 6) is 1.67. The Hall–Kier alpha value is 0.137. The predicted octanol–water partition coefficient (Wildman–Crippen LogP) is 2.23. The van der Waals surface area contributed by atoms with Crippen molar-refractivity contribution in [3.63, 3.8) is 0 Å². The lowest BCUT2D eigenvalue weighted by Gasteiger charge is -2.36. The molecule has 0 spiro atoms. The molecule has 1 aliphatic carbocycles. The van der Waals surface area contributed by atoms with Crippen molar-refractivity contribution in [3.05, 3.63) is 0 Å². The Morgan fingerprint density at radius 2 is 1.64 bits per heavy atom. The highest BCUT2D eigenvalue weighted by atomic mass is 28.4. The van der Waals surface area contributed by atoms with Gasteiger partial charge in [0, 0.05) is 24.9 Å². The molecule has 2 fully saturated rings. The summed E-state index contributed by atoms with van der Waals surface area (Å²) in [4.78, 5) is 0. The van der Waals surface area contributed by atoms with Crippen molar-refractivity contribution in [2.24, 2.45) is 11.8 Å². The molecule has 2 nitrogen and oxygen atoms in total. The summed E-state index contributed by atoms with van der Waals surface area (Å²) in [6.45, 7) is 14.0. The van der Waals surface area contributed by atoms with Gasteiger partial charge in [-0.2, -0.15) is 0 Å². The minimum atomic E-state index is -1.50. The average molecular weight is 213 g/mol. The van der Waals surface area contributed by atoms with Gasteiger partial charge >= 0.3 is 0 Å². The maximum atomic E-state index is 6.38. The number of nitrogens with one attached hydrogen (secondary N) is 1. The van der Waals surface area contributed by atoms with Crippen LogP contribution in [0.1, 0.15) is 20.8 Å². The van der Waals surface area contributed by atoms with Crippen LogP contribution in [0.25, 0.3) is 0 Å². The van der Waals surface area contributed by atoms with E-state index in [-0.39, 0.29) is 0 Å². The van der Waals surface area contributed by atoms with Crippen LogP contribution in [0.4, 0.5) is 0 Å². The summed E-state index contributed by atoms with van der Waals surface area (Å²) < 4.78 is 6.38. The molecule has 2 aliphatic rings. The number of hydrogen-bond donors (Lipinski definition) is 1. The Bertz CT molecular complexity index is 224. The van der Waals surface area contributed by atoms with Gasteiger partial charge in [0.2, 0.25) is 0 Å². The molecular weight excluding hydrogens is 190 g/mol. The van der Waals surface area contributed by atoms with Crippen molar-refractivity contribution >= 4 is 8.32 Å². The fourth-order valence-corrected chi connectivity index (χ4v) is 3.44. The molecule has 1 N–H and O–H groups in total. The molecule has 2 atom stereocenters. The van der Waals surface area contributed by atoms with Crippen LogP contribution in [0.3, 0.4) is 0 Å². The van der Waals surface area contributed by atoms with E-state index in [1.54, 1.807) is 0 Å². The first kappa shape index (κ1) is 10.6. The summed E-state index contributed by atoms with van der Waals surface area (Å²) in [7, 11) is -1.50. The van der Waals surface area contributed by atoms with Gasteiger partial charge in [-0.1, -0.05) is 20.8 Å². The van der Waals surface area contributed by atoms with Crippen molar-refractivity contribution in [2.75, 3.05) is 13.1 Å². The third-order valence-corrected chi connectivity index (χ3v) is 8.72. The Kier molecular flexibility index (Phi) is 2.33. The maximum Gasteiger partial charge on any atom is 0.192 e. The molecule has 1 saturated heterocycles. The van der Waals surface area contributed by atoms with Gasteiger partial charge in [-0.3, -0.25) is 0 Å². The van der Waals surface area contributed by atoms with Gasteiger partial charge in [-0.15, -0.1) is 0 Å². The van der Waals surface area contributed by atoms with E-state index in [4.69, 9.17) is 4.43 Å². The lowest BCUT2D eigenvalue weighted by Crippen LogP contribution is -2.42. The Morgan fingerprint density at radius 3 is 2.07 bits per heavy atom. The fourth-order valence-electron chi connectivity index (χ4n) is 2.05. The zero-order valence-corrected chi connectivity index (χ0v) is 11.1. The van der Waals surface area contributed by atoms with Crippen molar-refractivity contribution in [3.8, 4) is 0 Å². The second kappa shape index (κ2) is 3.06. The highest BCUT2D eigenvalue weighted by molar-refractivity contribution is 6.74. The minimum Gasteiger partial charge on any atom is -0.413 e. The van der Waals surface area contributed by atoms with Crippen LogP contribution in [-0.4, -0.2) is 27.5 Å². The van der Waals surface area contributed by atoms with Crippen molar-refractivity contribution in [1.29, 1.82) is 0 Å². The molecule has 0 amide bonds. The second-order valence-corrected chi connectivity index (χ2v) is 11.1. The van der Waals surface area contributed by atoms with E-state index in [9.17, 15) is 0 Å². The van der Waals surface area contributed by atoms with Crippen molar-refractivity contribution in [2.45, 2.75) is 45.0 Å². The zero-order chi connectivity index (χ0) is 10.6. The van der Waals surface area contributed by atoms with Gasteiger partial charge in [-0.25, -0.2) is 0 Å². The van der Waals surface area contributed by atoms with Gasteiger partial charge in [0.05, 0.1) is 6.10 Å². The number of rotatable bonds is 2. The Morgan fingerprint density at radius 1 is 1.14 bits per heavy atom. The normalized spacial score (nSPS) is 37.1. The standard InChI is InChI=1S/C11H23NOSi/c1-11(2,3)14(4,5)13-10-8-6-12-7-9(8)10/h8-10,12H,6-7H2,1-5H3. The monoisotopic (exact) mass is 213 g/mol.